The quantitative estimate of drug-likeness (QED) is 0.489. The third-order valence-electron chi connectivity index (χ3n) is 2.91. The van der Waals surface area contributed by atoms with Gasteiger partial charge in [0.1, 0.15) is 17.6 Å². The highest BCUT2D eigenvalue weighted by atomic mass is 32.1. The lowest BCUT2D eigenvalue weighted by Gasteiger charge is -2.19. The molecule has 0 radical (unpaired) electrons. The van der Waals surface area contributed by atoms with Gasteiger partial charge in [0.2, 0.25) is 0 Å². The van der Waals surface area contributed by atoms with Crippen molar-refractivity contribution in [1.82, 2.24) is 0 Å². The van der Waals surface area contributed by atoms with Crippen molar-refractivity contribution in [3.8, 4) is 0 Å². The largest absolute Gasteiger partial charge is 0.459 e. The van der Waals surface area contributed by atoms with Crippen LogP contribution >= 0.6 is 11.3 Å². The fourth-order valence-electron chi connectivity index (χ4n) is 1.72. The maximum Gasteiger partial charge on any atom is 0.348 e. The maximum atomic E-state index is 11.8. The first-order chi connectivity index (χ1) is 9.97. The van der Waals surface area contributed by atoms with Crippen LogP contribution in [0.15, 0.2) is 12.1 Å². The Bertz CT molecular complexity index is 433. The maximum absolute atomic E-state index is 11.8. The minimum atomic E-state index is -1.30. The molecule has 21 heavy (non-hydrogen) atoms. The zero-order valence-electron chi connectivity index (χ0n) is 11.9. The average Bonchev–Trinajstić information content (AvgIpc) is 2.93. The lowest BCUT2D eigenvalue weighted by molar-refractivity contribution is -0.0500. The van der Waals surface area contributed by atoms with E-state index in [1.165, 1.54) is 11.3 Å². The topological polar surface area (TPSA) is 107 Å². The van der Waals surface area contributed by atoms with Gasteiger partial charge in [0.15, 0.2) is 0 Å². The van der Waals surface area contributed by atoms with Crippen molar-refractivity contribution in [2.24, 2.45) is 0 Å². The fraction of sp³-hybridized carbons (Fsp3) is 0.643. The molecule has 0 aliphatic carbocycles. The highest BCUT2D eigenvalue weighted by Gasteiger charge is 2.22. The number of aliphatic hydroxyl groups is 4. The van der Waals surface area contributed by atoms with Crippen LogP contribution in [0.3, 0.4) is 0 Å². The van der Waals surface area contributed by atoms with Gasteiger partial charge in [0.25, 0.3) is 0 Å². The van der Waals surface area contributed by atoms with Crippen molar-refractivity contribution >= 4 is 17.3 Å². The van der Waals surface area contributed by atoms with Crippen molar-refractivity contribution in [2.75, 3.05) is 13.2 Å². The van der Waals surface area contributed by atoms with E-state index < -0.39 is 30.9 Å². The standard InChI is InChI=1S/C14H22O6S/c1-2-3-10-4-5-13(21-10)14(19)20-8-12(18)11(17)6-9(16)7-15/h4-5,9,11-12,15-18H,2-3,6-8H2,1H3. The second-order valence-corrected chi connectivity index (χ2v) is 5.99. The molecule has 1 aromatic heterocycles. The van der Waals surface area contributed by atoms with Crippen molar-refractivity contribution in [3.05, 3.63) is 21.9 Å². The van der Waals surface area contributed by atoms with E-state index in [0.29, 0.717) is 4.88 Å². The number of hydrogen-bond donors (Lipinski definition) is 4. The molecular formula is C14H22O6S. The Hall–Kier alpha value is -0.990. The van der Waals surface area contributed by atoms with Gasteiger partial charge in [0, 0.05) is 11.3 Å². The van der Waals surface area contributed by atoms with Gasteiger partial charge in [-0.15, -0.1) is 11.3 Å². The summed E-state index contributed by atoms with van der Waals surface area (Å²) in [6, 6.07) is 3.55. The zero-order valence-corrected chi connectivity index (χ0v) is 12.8. The summed E-state index contributed by atoms with van der Waals surface area (Å²) in [7, 11) is 0. The minimum absolute atomic E-state index is 0.186. The van der Waals surface area contributed by atoms with Crippen LogP contribution in [0.5, 0.6) is 0 Å². The Morgan fingerprint density at radius 2 is 2.00 bits per heavy atom. The molecule has 1 aromatic rings. The minimum Gasteiger partial charge on any atom is -0.459 e. The van der Waals surface area contributed by atoms with Crippen LogP contribution in [-0.2, 0) is 11.2 Å². The molecule has 3 atom stereocenters. The third kappa shape index (κ3) is 6.11. The van der Waals surface area contributed by atoms with E-state index in [1.54, 1.807) is 6.07 Å². The number of carbonyl (C=O) groups is 1. The number of carbonyl (C=O) groups excluding carboxylic acids is 1. The molecule has 0 spiro atoms. The van der Waals surface area contributed by atoms with Gasteiger partial charge in [-0.1, -0.05) is 13.3 Å². The highest BCUT2D eigenvalue weighted by Crippen LogP contribution is 2.19. The molecule has 0 amide bonds. The molecular weight excluding hydrogens is 296 g/mol. The Labute approximate surface area is 127 Å². The van der Waals surface area contributed by atoms with E-state index in [-0.39, 0.29) is 13.0 Å². The molecule has 0 aliphatic heterocycles. The van der Waals surface area contributed by atoms with Crippen LogP contribution in [0.25, 0.3) is 0 Å². The summed E-state index contributed by atoms with van der Waals surface area (Å²) in [6.07, 6.45) is -1.97. The molecule has 7 heteroatoms. The highest BCUT2D eigenvalue weighted by molar-refractivity contribution is 7.13. The monoisotopic (exact) mass is 318 g/mol. The average molecular weight is 318 g/mol. The summed E-state index contributed by atoms with van der Waals surface area (Å²) in [5.41, 5.74) is 0. The van der Waals surface area contributed by atoms with Crippen LogP contribution in [-0.4, -0.2) is 57.9 Å². The van der Waals surface area contributed by atoms with Crippen LogP contribution in [0.2, 0.25) is 0 Å². The first-order valence-corrected chi connectivity index (χ1v) is 7.70. The molecule has 0 bridgehead atoms. The Balaban J connectivity index is 2.40. The fourth-order valence-corrected chi connectivity index (χ4v) is 2.73. The van der Waals surface area contributed by atoms with Gasteiger partial charge in [-0.25, -0.2) is 4.79 Å². The van der Waals surface area contributed by atoms with E-state index in [2.05, 4.69) is 6.92 Å². The Kier molecular flexibility index (Phi) is 7.84. The van der Waals surface area contributed by atoms with Crippen LogP contribution < -0.4 is 0 Å². The molecule has 3 unspecified atom stereocenters. The normalized spacial score (nSPS) is 15.5. The summed E-state index contributed by atoms with van der Waals surface area (Å²) in [6.45, 7) is 1.19. The number of esters is 1. The lowest BCUT2D eigenvalue weighted by atomic mass is 10.1. The van der Waals surface area contributed by atoms with E-state index in [0.717, 1.165) is 17.7 Å². The summed E-state index contributed by atoms with van der Waals surface area (Å²) in [5, 5.41) is 37.0. The summed E-state index contributed by atoms with van der Waals surface area (Å²) >= 11 is 1.35. The molecule has 4 N–H and O–H groups in total. The van der Waals surface area contributed by atoms with E-state index in [1.807, 2.05) is 6.07 Å². The molecule has 120 valence electrons. The second-order valence-electron chi connectivity index (χ2n) is 4.82. The third-order valence-corrected chi connectivity index (χ3v) is 4.04. The second kappa shape index (κ2) is 9.11. The van der Waals surface area contributed by atoms with Crippen LogP contribution in [0, 0.1) is 0 Å². The molecule has 6 nitrogen and oxygen atoms in total. The smallest absolute Gasteiger partial charge is 0.348 e. The first kappa shape index (κ1) is 18.1. The summed E-state index contributed by atoms with van der Waals surface area (Å²) in [4.78, 5) is 13.3. The van der Waals surface area contributed by atoms with Crippen molar-refractivity contribution in [3.63, 3.8) is 0 Å². The molecule has 1 heterocycles. The number of hydrogen-bond acceptors (Lipinski definition) is 7. The van der Waals surface area contributed by atoms with Crippen LogP contribution in [0.4, 0.5) is 0 Å². The predicted octanol–water partition coefficient (Wildman–Crippen LogP) is 0.323. The number of ether oxygens (including phenoxy) is 1. The molecule has 0 fully saturated rings. The lowest BCUT2D eigenvalue weighted by Crippen LogP contribution is -2.35. The number of rotatable bonds is 9. The van der Waals surface area contributed by atoms with Gasteiger partial charge >= 0.3 is 5.97 Å². The zero-order chi connectivity index (χ0) is 15.8. The van der Waals surface area contributed by atoms with Gasteiger partial charge in [-0.3, -0.25) is 0 Å². The summed E-state index contributed by atoms with van der Waals surface area (Å²) < 4.78 is 4.94. The van der Waals surface area contributed by atoms with E-state index in [4.69, 9.17) is 14.9 Å². The molecule has 1 rings (SSSR count). The summed E-state index contributed by atoms with van der Waals surface area (Å²) in [5.74, 6) is -0.545. The van der Waals surface area contributed by atoms with Gasteiger partial charge in [-0.05, 0) is 18.6 Å². The number of aryl methyl sites for hydroxylation is 1. The van der Waals surface area contributed by atoms with Gasteiger partial charge in [0.05, 0.1) is 18.8 Å². The van der Waals surface area contributed by atoms with E-state index in [9.17, 15) is 15.0 Å². The molecule has 0 aromatic carbocycles. The van der Waals surface area contributed by atoms with Crippen molar-refractivity contribution in [2.45, 2.75) is 44.5 Å². The first-order valence-electron chi connectivity index (χ1n) is 6.88. The van der Waals surface area contributed by atoms with Crippen LogP contribution in [0.1, 0.15) is 34.3 Å². The SMILES string of the molecule is CCCc1ccc(C(=O)OCC(O)C(O)CC(O)CO)s1. The number of aliphatic hydroxyl groups excluding tert-OH is 4. The van der Waals surface area contributed by atoms with Gasteiger partial charge in [-0.2, -0.15) is 0 Å². The molecule has 0 saturated heterocycles. The van der Waals surface area contributed by atoms with Crippen molar-refractivity contribution in [1.29, 1.82) is 0 Å². The molecule has 0 saturated carbocycles. The molecule has 0 aliphatic rings. The number of thiophene rings is 1. The predicted molar refractivity (Wildman–Crippen MR) is 78.3 cm³/mol. The van der Waals surface area contributed by atoms with E-state index >= 15 is 0 Å². The Morgan fingerprint density at radius 3 is 2.62 bits per heavy atom. The van der Waals surface area contributed by atoms with Crippen molar-refractivity contribution < 1.29 is 30.0 Å². The Morgan fingerprint density at radius 1 is 1.29 bits per heavy atom. The van der Waals surface area contributed by atoms with Gasteiger partial charge < -0.3 is 25.2 Å².